The molecular weight excluding hydrogens is 354 g/mol. The highest BCUT2D eigenvalue weighted by Gasteiger charge is 2.14. The van der Waals surface area contributed by atoms with Gasteiger partial charge in [-0.3, -0.25) is 4.98 Å². The number of nitrogens with zero attached hydrogens (tertiary/aromatic N) is 1. The Morgan fingerprint density at radius 2 is 1.66 bits per heavy atom. The first kappa shape index (κ1) is 21.9. The highest BCUT2D eigenvalue weighted by atomic mass is 16.3. The Balaban J connectivity index is 2.92. The summed E-state index contributed by atoms with van der Waals surface area (Å²) in [5, 5.41) is 1.00. The van der Waals surface area contributed by atoms with Crippen LogP contribution in [0.2, 0.25) is 0 Å². The van der Waals surface area contributed by atoms with Gasteiger partial charge in [-0.1, -0.05) is 67.8 Å². The van der Waals surface area contributed by atoms with Crippen LogP contribution in [0, 0.1) is 0 Å². The summed E-state index contributed by atoms with van der Waals surface area (Å²) in [6.07, 6.45) is 19.7. The lowest BCUT2D eigenvalue weighted by atomic mass is 10.0. The van der Waals surface area contributed by atoms with Crippen molar-refractivity contribution in [3.63, 3.8) is 0 Å². The zero-order chi connectivity index (χ0) is 21.2. The molecule has 2 rings (SSSR count). The van der Waals surface area contributed by atoms with Crippen LogP contribution in [0.3, 0.4) is 0 Å². The monoisotopic (exact) mass is 383 g/mol. The van der Waals surface area contributed by atoms with Crippen LogP contribution in [-0.4, -0.2) is 4.98 Å². The lowest BCUT2D eigenvalue weighted by Gasteiger charge is -1.99. The molecule has 0 fully saturated rings. The molecule has 0 saturated heterocycles. The molecule has 2 heterocycles. The molecule has 0 N–H and O–H groups in total. The lowest BCUT2D eigenvalue weighted by Crippen LogP contribution is -2.25. The van der Waals surface area contributed by atoms with Gasteiger partial charge in [-0.2, -0.15) is 0 Å². The summed E-state index contributed by atoms with van der Waals surface area (Å²) in [5.41, 5.74) is 5.34. The summed E-state index contributed by atoms with van der Waals surface area (Å²) in [5.74, 6) is 0.750. The van der Waals surface area contributed by atoms with Crippen LogP contribution >= 0.6 is 0 Å². The van der Waals surface area contributed by atoms with E-state index in [0.717, 1.165) is 44.4 Å². The Labute approximate surface area is 174 Å². The Morgan fingerprint density at radius 1 is 0.931 bits per heavy atom. The van der Waals surface area contributed by atoms with E-state index in [0.29, 0.717) is 0 Å². The van der Waals surface area contributed by atoms with Crippen molar-refractivity contribution in [1.29, 1.82) is 0 Å². The van der Waals surface area contributed by atoms with E-state index in [1.54, 1.807) is 6.20 Å². The maximum absolute atomic E-state index is 6.40. The molecule has 2 nitrogen and oxygen atoms in total. The van der Waals surface area contributed by atoms with E-state index in [-0.39, 0.29) is 0 Å². The maximum atomic E-state index is 6.40. The van der Waals surface area contributed by atoms with Crippen molar-refractivity contribution in [3.8, 4) is 0 Å². The van der Waals surface area contributed by atoms with Gasteiger partial charge in [0.2, 0.25) is 0 Å². The summed E-state index contributed by atoms with van der Waals surface area (Å²) in [7, 11) is 0. The Morgan fingerprint density at radius 3 is 2.24 bits per heavy atom. The van der Waals surface area contributed by atoms with Gasteiger partial charge in [-0.25, -0.2) is 0 Å². The van der Waals surface area contributed by atoms with Crippen LogP contribution < -0.4 is 10.6 Å². The highest BCUT2D eigenvalue weighted by molar-refractivity contribution is 5.80. The zero-order valence-electron chi connectivity index (χ0n) is 17.8. The molecule has 2 aromatic rings. The van der Waals surface area contributed by atoms with Crippen LogP contribution in [0.1, 0.15) is 44.7 Å². The molecule has 29 heavy (non-hydrogen) atoms. The van der Waals surface area contributed by atoms with Gasteiger partial charge in [-0.05, 0) is 57.0 Å². The van der Waals surface area contributed by atoms with E-state index >= 15 is 0 Å². The van der Waals surface area contributed by atoms with Crippen LogP contribution in [0.15, 0.2) is 90.1 Å². The molecule has 0 bridgehead atoms. The van der Waals surface area contributed by atoms with Crippen molar-refractivity contribution in [2.24, 2.45) is 0 Å². The van der Waals surface area contributed by atoms with Crippen molar-refractivity contribution in [1.82, 2.24) is 4.98 Å². The van der Waals surface area contributed by atoms with Gasteiger partial charge in [0, 0.05) is 22.6 Å². The van der Waals surface area contributed by atoms with E-state index in [4.69, 9.17) is 4.42 Å². The lowest BCUT2D eigenvalue weighted by molar-refractivity contribution is 0.519. The number of furan rings is 1. The van der Waals surface area contributed by atoms with Crippen molar-refractivity contribution in [2.45, 2.75) is 27.7 Å². The topological polar surface area (TPSA) is 26.0 Å². The second-order valence-corrected chi connectivity index (χ2v) is 6.43. The molecular formula is C27H29NO. The van der Waals surface area contributed by atoms with Gasteiger partial charge in [0.25, 0.3) is 0 Å². The fourth-order valence-electron chi connectivity index (χ4n) is 3.09. The van der Waals surface area contributed by atoms with Crippen molar-refractivity contribution in [2.75, 3.05) is 0 Å². The Hall–Kier alpha value is -3.39. The van der Waals surface area contributed by atoms with Gasteiger partial charge >= 0.3 is 0 Å². The number of hydrogen-bond donors (Lipinski definition) is 0. The molecule has 0 aliphatic heterocycles. The predicted octanol–water partition coefficient (Wildman–Crippen LogP) is 5.98. The molecule has 0 aromatic carbocycles. The van der Waals surface area contributed by atoms with Gasteiger partial charge < -0.3 is 4.42 Å². The third kappa shape index (κ3) is 5.32. The fraction of sp³-hybridized carbons (Fsp3) is 0.148. The Kier molecular flexibility index (Phi) is 8.17. The molecule has 0 spiro atoms. The van der Waals surface area contributed by atoms with Gasteiger partial charge in [0.05, 0.1) is 5.69 Å². The number of allylic oxidation sites excluding steroid dienone is 9. The average molecular weight is 384 g/mol. The molecule has 0 unspecified atom stereocenters. The third-order valence-electron chi connectivity index (χ3n) is 4.30. The van der Waals surface area contributed by atoms with Crippen LogP contribution in [-0.2, 0) is 0 Å². The SMILES string of the molecule is C=C(/C=C\C)/C=C\c1oc(=C(/C=C\C)c2ccccn2)/c(=C\C)c1C(=C)/C=C\C. The number of pyridine rings is 1. The van der Waals surface area contributed by atoms with E-state index < -0.39 is 0 Å². The smallest absolute Gasteiger partial charge is 0.144 e. The van der Waals surface area contributed by atoms with E-state index in [1.807, 2.05) is 94.5 Å². The van der Waals surface area contributed by atoms with Crippen molar-refractivity contribution < 1.29 is 4.42 Å². The first-order valence-corrected chi connectivity index (χ1v) is 9.76. The van der Waals surface area contributed by atoms with Gasteiger partial charge in [-0.15, -0.1) is 0 Å². The standard InChI is InChI=1S/C27H29NO/c1-7-13-20(5)17-18-25-26(21(6)14-8-2)22(10-4)27(29-25)23(15-9-3)24-16-11-12-19-28-24/h7-19H,5-6H2,1-4H3/b13-7-,14-8-,15-9-,18-17-,22-10-,27-23-. The minimum absolute atomic E-state index is 0.750. The summed E-state index contributed by atoms with van der Waals surface area (Å²) in [4.78, 5) is 4.53. The molecule has 148 valence electrons. The van der Waals surface area contributed by atoms with Crippen molar-refractivity contribution in [3.05, 3.63) is 113 Å². The summed E-state index contributed by atoms with van der Waals surface area (Å²) < 4.78 is 6.40. The maximum Gasteiger partial charge on any atom is 0.144 e. The minimum atomic E-state index is 0.750. The number of aromatic nitrogens is 1. The average Bonchev–Trinajstić information content (AvgIpc) is 3.10. The minimum Gasteiger partial charge on any atom is -0.455 e. The van der Waals surface area contributed by atoms with E-state index in [1.165, 1.54) is 0 Å². The molecule has 0 saturated carbocycles. The van der Waals surface area contributed by atoms with E-state index in [9.17, 15) is 0 Å². The largest absolute Gasteiger partial charge is 0.455 e. The molecule has 0 aliphatic rings. The molecule has 0 amide bonds. The zero-order valence-corrected chi connectivity index (χ0v) is 17.8. The summed E-state index contributed by atoms with van der Waals surface area (Å²) >= 11 is 0. The van der Waals surface area contributed by atoms with Gasteiger partial charge in [0.15, 0.2) is 0 Å². The summed E-state index contributed by atoms with van der Waals surface area (Å²) in [6.45, 7) is 16.3. The van der Waals surface area contributed by atoms with Crippen LogP contribution in [0.5, 0.6) is 0 Å². The number of rotatable bonds is 7. The fourth-order valence-corrected chi connectivity index (χ4v) is 3.09. The third-order valence-corrected chi connectivity index (χ3v) is 4.30. The first-order valence-electron chi connectivity index (χ1n) is 9.76. The van der Waals surface area contributed by atoms with Gasteiger partial charge in [0.1, 0.15) is 11.2 Å². The predicted molar refractivity (Wildman–Crippen MR) is 126 cm³/mol. The molecule has 0 aliphatic carbocycles. The summed E-state index contributed by atoms with van der Waals surface area (Å²) in [6, 6.07) is 5.87. The molecule has 2 aromatic heterocycles. The molecule has 2 heteroatoms. The highest BCUT2D eigenvalue weighted by Crippen LogP contribution is 2.19. The Bertz CT molecular complexity index is 1100. The number of hydrogen-bond acceptors (Lipinski definition) is 2. The quantitative estimate of drug-likeness (QED) is 0.549. The second-order valence-electron chi connectivity index (χ2n) is 6.43. The second kappa shape index (κ2) is 10.8. The first-order chi connectivity index (χ1) is 14.1. The van der Waals surface area contributed by atoms with Crippen LogP contribution in [0.25, 0.3) is 23.3 Å². The van der Waals surface area contributed by atoms with E-state index in [2.05, 4.69) is 24.2 Å². The molecule has 0 radical (unpaired) electrons. The van der Waals surface area contributed by atoms with Crippen LogP contribution in [0.4, 0.5) is 0 Å². The van der Waals surface area contributed by atoms with Crippen molar-refractivity contribution >= 4 is 23.3 Å². The normalized spacial score (nSPS) is 14.0. The molecule has 0 atom stereocenters.